The van der Waals surface area contributed by atoms with Gasteiger partial charge in [-0.15, -0.1) is 0 Å². The second kappa shape index (κ2) is 29.5. The first-order valence-corrected chi connectivity index (χ1v) is 27.2. The Morgan fingerprint density at radius 3 is 1.37 bits per heavy atom. The van der Waals surface area contributed by atoms with Crippen molar-refractivity contribution in [2.75, 3.05) is 0 Å². The van der Waals surface area contributed by atoms with Crippen LogP contribution in [0.5, 0.6) is 23.0 Å². The van der Waals surface area contributed by atoms with Crippen molar-refractivity contribution in [2.45, 2.75) is 128 Å². The largest absolute Gasteiger partial charge is 0.487 e. The van der Waals surface area contributed by atoms with Gasteiger partial charge in [-0.25, -0.2) is 32.3 Å². The van der Waals surface area contributed by atoms with Gasteiger partial charge in [-0.3, -0.25) is 4.79 Å². The third-order valence-corrected chi connectivity index (χ3v) is 13.6. The average Bonchev–Trinajstić information content (AvgIpc) is 1.18. The van der Waals surface area contributed by atoms with Crippen LogP contribution >= 0.6 is 0 Å². The molecule has 13 nitrogen and oxygen atoms in total. The fourth-order valence-electron chi connectivity index (χ4n) is 9.15. The minimum Gasteiger partial charge on any atom is -0.487 e. The van der Waals surface area contributed by atoms with Gasteiger partial charge >= 0.3 is 43.4 Å². The van der Waals surface area contributed by atoms with Crippen LogP contribution in [0.15, 0.2) is 142 Å². The zero-order chi connectivity index (χ0) is 68.2. The summed E-state index contributed by atoms with van der Waals surface area (Å²) in [6.45, 7) is 2.20. The van der Waals surface area contributed by atoms with Crippen molar-refractivity contribution < 1.29 is 122 Å². The molecule has 8 aromatic rings. The number of aromatic nitrogens is 2. The Balaban J connectivity index is 0.000000255. The van der Waals surface area contributed by atoms with Crippen molar-refractivity contribution >= 4 is 11.9 Å². The van der Waals surface area contributed by atoms with Crippen molar-refractivity contribution in [3.05, 3.63) is 225 Å². The molecule has 10 rings (SSSR count). The lowest BCUT2D eigenvalue weighted by atomic mass is 9.77. The lowest BCUT2D eigenvalue weighted by molar-refractivity contribution is -0.253. The Morgan fingerprint density at radius 2 is 0.947 bits per heavy atom. The number of hydrogen-bond acceptors (Lipinski definition) is 11. The minimum absolute atomic E-state index is 0. The maximum absolute atomic E-state index is 15.1. The fourth-order valence-corrected chi connectivity index (χ4v) is 9.15. The maximum Gasteiger partial charge on any atom is 0.461 e. The molecule has 95 heavy (non-hydrogen) atoms. The van der Waals surface area contributed by atoms with Gasteiger partial charge < -0.3 is 43.9 Å². The summed E-state index contributed by atoms with van der Waals surface area (Å²) in [4.78, 5) is 30.6. The number of carbonyl (C=O) groups is 2. The number of carboxylic acid groups (broad SMARTS) is 1. The Bertz CT molecular complexity index is 3940. The fraction of sp³-hybridized carbons (Fsp3) is 0.312. The van der Waals surface area contributed by atoms with E-state index in [1.165, 1.54) is 24.3 Å². The Morgan fingerprint density at radius 1 is 0.547 bits per heavy atom. The van der Waals surface area contributed by atoms with Crippen LogP contribution < -0.4 is 30.0 Å². The average molecular weight is 1370 g/mol. The number of nitrogens with one attached hydrogen (secondary N) is 1. The Labute approximate surface area is 528 Å². The van der Waals surface area contributed by atoms with E-state index >= 15 is 4.39 Å². The molecule has 2 aliphatic carbocycles. The molecule has 4 N–H and O–H groups in total. The second-order valence-electron chi connectivity index (χ2n) is 21.0. The third-order valence-electron chi connectivity index (χ3n) is 13.6. The number of amides is 1. The van der Waals surface area contributed by atoms with E-state index in [1.54, 1.807) is 48.5 Å². The Kier molecular flexibility index (Phi) is 23.2. The van der Waals surface area contributed by atoms with E-state index in [1.807, 2.05) is 0 Å². The van der Waals surface area contributed by atoms with E-state index in [0.717, 1.165) is 69.2 Å². The highest BCUT2D eigenvalue weighted by molar-refractivity contribution is 5.94. The van der Waals surface area contributed by atoms with Crippen LogP contribution in [0.25, 0.3) is 0 Å². The number of oxazole rings is 2. The summed E-state index contributed by atoms with van der Waals surface area (Å²) >= 11 is 0. The number of carbonyl (C=O) groups excluding carboxylic acids is 1. The number of aryl methyl sites for hydroxylation is 2. The molecule has 2 aromatic heterocycles. The quantitative estimate of drug-likeness (QED) is 0.0580. The van der Waals surface area contributed by atoms with Crippen LogP contribution in [-0.4, -0.2) is 64.2 Å². The molecule has 0 unspecified atom stereocenters. The Hall–Kier alpha value is -9.42. The highest BCUT2D eigenvalue weighted by atomic mass is 19.4. The van der Waals surface area contributed by atoms with Crippen LogP contribution in [0.2, 0.25) is 0 Å². The summed E-state index contributed by atoms with van der Waals surface area (Å²) in [6, 6.07) is 28.1. The van der Waals surface area contributed by atoms with E-state index in [0.29, 0.717) is 47.7 Å². The smallest absolute Gasteiger partial charge is 0.461 e. The zero-order valence-electron chi connectivity index (χ0n) is 47.7. The molecule has 512 valence electrons. The molecule has 2 atom stereocenters. The number of nitrogens with two attached hydrogens (primary N) is 1. The van der Waals surface area contributed by atoms with Gasteiger partial charge in [0.25, 0.3) is 5.91 Å². The molecule has 6 aromatic carbocycles. The first kappa shape index (κ1) is 74.6. The predicted molar refractivity (Wildman–Crippen MR) is 302 cm³/mol. The number of aromatic carboxylic acids is 1. The van der Waals surface area contributed by atoms with Crippen LogP contribution in [-0.2, 0) is 36.3 Å². The van der Waals surface area contributed by atoms with Crippen molar-refractivity contribution in [2.24, 2.45) is 5.73 Å². The molecule has 2 heterocycles. The molecule has 2 saturated carbocycles. The van der Waals surface area contributed by atoms with Gasteiger partial charge in [0.05, 0.1) is 23.3 Å². The van der Waals surface area contributed by atoms with Gasteiger partial charge in [-0.2, -0.15) is 61.5 Å². The zero-order valence-corrected chi connectivity index (χ0v) is 47.7. The van der Waals surface area contributed by atoms with Crippen LogP contribution in [0.1, 0.15) is 118 Å². The van der Waals surface area contributed by atoms with Crippen molar-refractivity contribution in [3.63, 3.8) is 0 Å². The first-order valence-electron chi connectivity index (χ1n) is 27.2. The van der Waals surface area contributed by atoms with E-state index in [4.69, 9.17) is 20.3 Å². The predicted octanol–water partition coefficient (Wildman–Crippen LogP) is 17.1. The van der Waals surface area contributed by atoms with Gasteiger partial charge in [0, 0.05) is 32.4 Å². The summed E-state index contributed by atoms with van der Waals surface area (Å²) in [5.74, 6) is -13.5. The summed E-state index contributed by atoms with van der Waals surface area (Å²) in [5, 5.41) is 10.7. The minimum atomic E-state index is -5.18. The van der Waals surface area contributed by atoms with Gasteiger partial charge in [0.15, 0.2) is 46.3 Å². The van der Waals surface area contributed by atoms with Crippen LogP contribution in [0.4, 0.5) is 79.0 Å². The number of carboxylic acids is 1. The molecule has 0 aliphatic heterocycles. The molecule has 0 bridgehead atoms. The van der Waals surface area contributed by atoms with E-state index in [-0.39, 0.29) is 62.0 Å². The number of nitrogens with zero attached hydrogens (tertiary/aromatic N) is 2. The van der Waals surface area contributed by atoms with Crippen molar-refractivity contribution in [1.29, 1.82) is 0 Å². The molecule has 0 spiro atoms. The van der Waals surface area contributed by atoms with Gasteiger partial charge in [0.1, 0.15) is 23.1 Å². The number of rotatable bonds is 21. The van der Waals surface area contributed by atoms with Gasteiger partial charge in [-0.05, 0) is 114 Å². The number of alkyl halides is 14. The molecule has 31 heteroatoms. The summed E-state index contributed by atoms with van der Waals surface area (Å²) in [5.41, 5.74) is 1.47. The van der Waals surface area contributed by atoms with Crippen LogP contribution in [0, 0.1) is 37.1 Å². The molecule has 2 fully saturated rings. The molecule has 0 radical (unpaired) electrons. The van der Waals surface area contributed by atoms with E-state index in [2.05, 4.69) is 33.6 Å². The SMILES string of the molecule is C.C.Cc1nc(C(=O)N[C@@](Cc2ccccc2)(c2cc(F)cc(OC(F)(F)C(F)F)c2)c2ccc(F)c(OC3CC3)c2)c(C(F)(F)F)o1.Cc1nc(C(=O)O)c(C(F)(F)F)o1.N[C@@](Cc1ccccc1)(c1cc(F)cc(OC(F)(F)C(F)F)c1)c1ccc(F)c(OC2CC2)c1. The van der Waals surface area contributed by atoms with Crippen LogP contribution in [0.3, 0.4) is 0 Å². The van der Waals surface area contributed by atoms with Gasteiger partial charge in [-0.1, -0.05) is 87.6 Å². The highest BCUT2D eigenvalue weighted by Crippen LogP contribution is 2.43. The second-order valence-corrected chi connectivity index (χ2v) is 21.0. The number of halogens is 18. The van der Waals surface area contributed by atoms with E-state index in [9.17, 15) is 84.2 Å². The molecule has 2 aliphatic rings. The monoisotopic (exact) mass is 1370 g/mol. The third kappa shape index (κ3) is 18.7. The van der Waals surface area contributed by atoms with E-state index < -0.39 is 136 Å². The lowest BCUT2D eigenvalue weighted by Gasteiger charge is -2.37. The normalized spacial score (nSPS) is 14.5. The standard InChI is InChI=1S/C31H23F9N2O4.C25H21F6NO2.C6H4F3NO3.2CH4/c1-16-41-25(26(44-16)30(36,37)38)27(43)42-29(15-17-5-3-2-4-6-17,18-7-10-23(33)24(13-18)45-21-8-9-21)19-11-20(32)14-22(12-19)46-31(39,40)28(34)35;26-18-10-17(11-20(13-18)34-25(30,31)23(28)29)24(32,14-15-4-2-1-3-5-15)16-6-9-21(27)22(12-16)33-19-7-8-19;1-2-10-3(5(11)12)4(13-2)6(7,8)9;;/h2-7,10-14,21,28H,8-9,15H2,1H3,(H,42,43);1-6,9-13,19,23H,7-8,14,32H2;1H3,(H,11,12);2*1H4/t29-;24-;;;/m11.../s1. The summed E-state index contributed by atoms with van der Waals surface area (Å²) < 4.78 is 271. The summed E-state index contributed by atoms with van der Waals surface area (Å²) in [7, 11) is 0. The lowest BCUT2D eigenvalue weighted by Crippen LogP contribution is -2.49. The maximum atomic E-state index is 15.1. The van der Waals surface area contributed by atoms with Crippen molar-refractivity contribution in [1.82, 2.24) is 15.3 Å². The van der Waals surface area contributed by atoms with Gasteiger partial charge in [0.2, 0.25) is 11.5 Å². The molecule has 0 saturated heterocycles. The molecule has 1 amide bonds. The first-order chi connectivity index (χ1) is 43.5. The molecular formula is C64H56F18N4O9. The topological polar surface area (TPSA) is 181 Å². The molecular weight excluding hydrogens is 1310 g/mol. The van der Waals surface area contributed by atoms with Crippen molar-refractivity contribution in [3.8, 4) is 23.0 Å². The number of benzene rings is 6. The summed E-state index contributed by atoms with van der Waals surface area (Å²) in [6.07, 6.45) is -26.4. The number of ether oxygens (including phenoxy) is 4. The number of hydrogen-bond donors (Lipinski definition) is 3. The highest BCUT2D eigenvalue weighted by Gasteiger charge is 2.48.